The lowest BCUT2D eigenvalue weighted by atomic mass is 10.0. The molecule has 1 aliphatic rings. The van der Waals surface area contributed by atoms with Crippen LogP contribution in [0.4, 0.5) is 0 Å². The molecule has 19 heavy (non-hydrogen) atoms. The minimum atomic E-state index is 0.436. The van der Waals surface area contributed by atoms with E-state index < -0.39 is 0 Å². The molecule has 1 saturated heterocycles. The third-order valence-electron chi connectivity index (χ3n) is 3.35. The number of hydrogen-bond acceptors (Lipinski definition) is 5. The predicted molar refractivity (Wildman–Crippen MR) is 73.4 cm³/mol. The second kappa shape index (κ2) is 5.46. The van der Waals surface area contributed by atoms with Crippen molar-refractivity contribution >= 4 is 15.9 Å². The van der Waals surface area contributed by atoms with E-state index in [-0.39, 0.29) is 0 Å². The summed E-state index contributed by atoms with van der Waals surface area (Å²) in [6, 6.07) is 3.62. The zero-order valence-electron chi connectivity index (χ0n) is 10.8. The lowest BCUT2D eigenvalue weighted by molar-refractivity contribution is 0.163. The SMILES string of the molecule is C[C@@H]1CCCN(Cc2nnc(-c3ccc(Br)o3)o2)C1. The van der Waals surface area contributed by atoms with Gasteiger partial charge in [0.25, 0.3) is 5.89 Å². The Morgan fingerprint density at radius 3 is 3.00 bits per heavy atom. The highest BCUT2D eigenvalue weighted by Gasteiger charge is 2.19. The van der Waals surface area contributed by atoms with E-state index >= 15 is 0 Å². The maximum atomic E-state index is 5.64. The molecule has 0 bridgehead atoms. The van der Waals surface area contributed by atoms with Crippen molar-refractivity contribution in [3.8, 4) is 11.7 Å². The summed E-state index contributed by atoms with van der Waals surface area (Å²) in [5.74, 6) is 2.43. The van der Waals surface area contributed by atoms with Crippen molar-refractivity contribution in [1.82, 2.24) is 15.1 Å². The second-order valence-corrected chi connectivity index (χ2v) is 5.87. The largest absolute Gasteiger partial charge is 0.444 e. The molecule has 6 heteroatoms. The molecule has 2 aromatic heterocycles. The van der Waals surface area contributed by atoms with Gasteiger partial charge in [-0.1, -0.05) is 6.92 Å². The van der Waals surface area contributed by atoms with E-state index in [1.165, 1.54) is 12.8 Å². The molecule has 102 valence electrons. The molecule has 0 aliphatic carbocycles. The van der Waals surface area contributed by atoms with Crippen molar-refractivity contribution in [3.63, 3.8) is 0 Å². The molecule has 2 aromatic rings. The molecule has 5 nitrogen and oxygen atoms in total. The number of aromatic nitrogens is 2. The van der Waals surface area contributed by atoms with Gasteiger partial charge >= 0.3 is 0 Å². The minimum Gasteiger partial charge on any atom is -0.444 e. The molecule has 0 unspecified atom stereocenters. The Balaban J connectivity index is 1.68. The predicted octanol–water partition coefficient (Wildman–Crippen LogP) is 3.32. The molecule has 0 spiro atoms. The molecular formula is C13H16BrN3O2. The quantitative estimate of drug-likeness (QED) is 0.866. The van der Waals surface area contributed by atoms with Crippen molar-refractivity contribution in [1.29, 1.82) is 0 Å². The highest BCUT2D eigenvalue weighted by Crippen LogP contribution is 2.24. The topological polar surface area (TPSA) is 55.3 Å². The molecule has 3 heterocycles. The molecule has 1 fully saturated rings. The van der Waals surface area contributed by atoms with Crippen molar-refractivity contribution in [3.05, 3.63) is 22.7 Å². The monoisotopic (exact) mass is 325 g/mol. The molecular weight excluding hydrogens is 310 g/mol. The zero-order valence-corrected chi connectivity index (χ0v) is 12.4. The maximum absolute atomic E-state index is 5.64. The highest BCUT2D eigenvalue weighted by molar-refractivity contribution is 9.10. The van der Waals surface area contributed by atoms with E-state index in [4.69, 9.17) is 8.83 Å². The van der Waals surface area contributed by atoms with Crippen molar-refractivity contribution in [2.24, 2.45) is 5.92 Å². The maximum Gasteiger partial charge on any atom is 0.283 e. The van der Waals surface area contributed by atoms with Crippen LogP contribution in [-0.4, -0.2) is 28.2 Å². The first-order valence-electron chi connectivity index (χ1n) is 6.51. The number of piperidine rings is 1. The van der Waals surface area contributed by atoms with Crippen LogP contribution in [0.25, 0.3) is 11.7 Å². The number of nitrogens with zero attached hydrogens (tertiary/aromatic N) is 3. The summed E-state index contributed by atoms with van der Waals surface area (Å²) in [6.07, 6.45) is 2.55. The summed E-state index contributed by atoms with van der Waals surface area (Å²) in [4.78, 5) is 2.36. The van der Waals surface area contributed by atoms with Crippen LogP contribution in [-0.2, 0) is 6.54 Å². The van der Waals surface area contributed by atoms with Crippen LogP contribution >= 0.6 is 15.9 Å². The first-order valence-corrected chi connectivity index (χ1v) is 7.30. The van der Waals surface area contributed by atoms with Crippen LogP contribution in [0.3, 0.4) is 0 Å². The number of rotatable bonds is 3. The first kappa shape index (κ1) is 12.9. The first-order chi connectivity index (χ1) is 9.20. The van der Waals surface area contributed by atoms with Crippen LogP contribution < -0.4 is 0 Å². The van der Waals surface area contributed by atoms with Gasteiger partial charge in [0.05, 0.1) is 6.54 Å². The Bertz CT molecular complexity index is 552. The van der Waals surface area contributed by atoms with Gasteiger partial charge in [-0.2, -0.15) is 0 Å². The lowest BCUT2D eigenvalue weighted by Gasteiger charge is -2.29. The Hall–Kier alpha value is -1.14. The van der Waals surface area contributed by atoms with Gasteiger partial charge in [-0.15, -0.1) is 10.2 Å². The van der Waals surface area contributed by atoms with Crippen molar-refractivity contribution in [2.75, 3.05) is 13.1 Å². The molecule has 3 rings (SSSR count). The van der Waals surface area contributed by atoms with Gasteiger partial charge in [-0.05, 0) is 53.4 Å². The number of likely N-dealkylation sites (tertiary alicyclic amines) is 1. The smallest absolute Gasteiger partial charge is 0.283 e. The minimum absolute atomic E-state index is 0.436. The Kier molecular flexibility index (Phi) is 3.70. The van der Waals surface area contributed by atoms with Gasteiger partial charge in [0.2, 0.25) is 5.89 Å². The summed E-state index contributed by atoms with van der Waals surface area (Å²) < 4.78 is 11.7. The van der Waals surface area contributed by atoms with Gasteiger partial charge in [-0.25, -0.2) is 0 Å². The van der Waals surface area contributed by atoms with Gasteiger partial charge in [0, 0.05) is 6.54 Å². The fourth-order valence-corrected chi connectivity index (χ4v) is 2.77. The van der Waals surface area contributed by atoms with E-state index in [9.17, 15) is 0 Å². The zero-order chi connectivity index (χ0) is 13.2. The average molecular weight is 326 g/mol. The summed E-state index contributed by atoms with van der Waals surface area (Å²) in [6.45, 7) is 5.21. The fraction of sp³-hybridized carbons (Fsp3) is 0.538. The molecule has 0 N–H and O–H groups in total. The van der Waals surface area contributed by atoms with Crippen molar-refractivity contribution in [2.45, 2.75) is 26.3 Å². The summed E-state index contributed by atoms with van der Waals surface area (Å²) in [5.41, 5.74) is 0. The van der Waals surface area contributed by atoms with Crippen molar-refractivity contribution < 1.29 is 8.83 Å². The Morgan fingerprint density at radius 1 is 1.37 bits per heavy atom. The Labute approximate surface area is 120 Å². The lowest BCUT2D eigenvalue weighted by Crippen LogP contribution is -2.33. The summed E-state index contributed by atoms with van der Waals surface area (Å²) in [7, 11) is 0. The van der Waals surface area contributed by atoms with Gasteiger partial charge in [-0.3, -0.25) is 4.90 Å². The van der Waals surface area contributed by atoms with E-state index in [0.29, 0.717) is 22.2 Å². The second-order valence-electron chi connectivity index (χ2n) is 5.09. The number of furan rings is 1. The van der Waals surface area contributed by atoms with Crippen LogP contribution in [0, 0.1) is 5.92 Å². The van der Waals surface area contributed by atoms with Crippen LogP contribution in [0.1, 0.15) is 25.7 Å². The van der Waals surface area contributed by atoms with E-state index in [1.54, 1.807) is 0 Å². The van der Waals surface area contributed by atoms with Gasteiger partial charge < -0.3 is 8.83 Å². The fourth-order valence-electron chi connectivity index (χ4n) is 2.47. The molecule has 0 radical (unpaired) electrons. The number of halogens is 1. The van der Waals surface area contributed by atoms with E-state index in [2.05, 4.69) is 38.0 Å². The van der Waals surface area contributed by atoms with E-state index in [1.807, 2.05) is 12.1 Å². The number of hydrogen-bond donors (Lipinski definition) is 0. The Morgan fingerprint density at radius 2 is 2.26 bits per heavy atom. The highest BCUT2D eigenvalue weighted by atomic mass is 79.9. The van der Waals surface area contributed by atoms with Crippen LogP contribution in [0.15, 0.2) is 25.6 Å². The standard InChI is InChI=1S/C13H16BrN3O2/c1-9-3-2-6-17(7-9)8-12-15-16-13(19-12)10-4-5-11(14)18-10/h4-5,9H,2-3,6-8H2,1H3/t9-/m1/s1. The summed E-state index contributed by atoms with van der Waals surface area (Å²) in [5, 5.41) is 8.11. The molecule has 0 saturated carbocycles. The van der Waals surface area contributed by atoms with Crippen LogP contribution in [0.5, 0.6) is 0 Å². The molecule has 1 atom stereocenters. The third kappa shape index (κ3) is 3.06. The normalized spacial score (nSPS) is 20.8. The summed E-state index contributed by atoms with van der Waals surface area (Å²) >= 11 is 3.26. The van der Waals surface area contributed by atoms with Gasteiger partial charge in [0.1, 0.15) is 0 Å². The average Bonchev–Trinajstić information content (AvgIpc) is 2.98. The van der Waals surface area contributed by atoms with E-state index in [0.717, 1.165) is 25.6 Å². The third-order valence-corrected chi connectivity index (χ3v) is 3.78. The molecule has 0 aromatic carbocycles. The van der Waals surface area contributed by atoms with Crippen LogP contribution in [0.2, 0.25) is 0 Å². The van der Waals surface area contributed by atoms with Gasteiger partial charge in [0.15, 0.2) is 10.4 Å². The molecule has 1 aliphatic heterocycles. The molecule has 0 amide bonds.